The summed E-state index contributed by atoms with van der Waals surface area (Å²) >= 11 is 2.90. The lowest BCUT2D eigenvalue weighted by Gasteiger charge is -2.31. The molecule has 12 heteroatoms. The van der Waals surface area contributed by atoms with Gasteiger partial charge in [0.05, 0.1) is 10.7 Å². The van der Waals surface area contributed by atoms with E-state index in [4.69, 9.17) is 0 Å². The van der Waals surface area contributed by atoms with Crippen molar-refractivity contribution in [3.63, 3.8) is 0 Å². The maximum Gasteiger partial charge on any atom is 0.326 e. The summed E-state index contributed by atoms with van der Waals surface area (Å²) in [5.74, 6) is -1.08. The molecule has 1 aliphatic heterocycles. The number of benzene rings is 2. The van der Waals surface area contributed by atoms with Gasteiger partial charge in [0.2, 0.25) is 5.52 Å². The van der Waals surface area contributed by atoms with Crippen LogP contribution in [-0.2, 0) is 26.1 Å². The third-order valence-electron chi connectivity index (χ3n) is 6.21. The van der Waals surface area contributed by atoms with E-state index in [1.165, 1.54) is 23.1 Å². The lowest BCUT2D eigenvalue weighted by molar-refractivity contribution is -0.649. The molecule has 0 radical (unpaired) electrons. The van der Waals surface area contributed by atoms with Crippen molar-refractivity contribution in [2.24, 2.45) is 5.41 Å². The summed E-state index contributed by atoms with van der Waals surface area (Å²) in [6.07, 6.45) is 7.48. The van der Waals surface area contributed by atoms with Crippen LogP contribution in [0.2, 0.25) is 0 Å². The molecule has 1 aromatic heterocycles. The van der Waals surface area contributed by atoms with Crippen molar-refractivity contribution in [1.29, 1.82) is 0 Å². The lowest BCUT2D eigenvalue weighted by atomic mass is 9.75. The minimum atomic E-state index is -4.26. The second-order valence-corrected chi connectivity index (χ2v) is 15.2. The maximum absolute atomic E-state index is 11.8. The fourth-order valence-electron chi connectivity index (χ4n) is 4.92. The number of rotatable bonds is 6. The fraction of sp³-hybridized carbons (Fsp3) is 0.269. The van der Waals surface area contributed by atoms with Gasteiger partial charge in [0.25, 0.3) is 21.0 Å². The molecule has 3 aromatic rings. The average molecular weight is 592 g/mol. The van der Waals surface area contributed by atoms with Gasteiger partial charge in [-0.1, -0.05) is 67.3 Å². The molecule has 38 heavy (non-hydrogen) atoms. The number of fused-ring (bicyclic) bond motifs is 2. The lowest BCUT2D eigenvalue weighted by Crippen LogP contribution is -2.39. The molecule has 2 aromatic carbocycles. The van der Waals surface area contributed by atoms with Gasteiger partial charge in [0.1, 0.15) is 4.70 Å². The summed E-state index contributed by atoms with van der Waals surface area (Å²) in [6.45, 7) is 4.30. The quantitative estimate of drug-likeness (QED) is 0.287. The molecule has 0 atom stereocenters. The third-order valence-corrected chi connectivity index (χ3v) is 9.61. The van der Waals surface area contributed by atoms with Crippen LogP contribution in [0, 0.1) is 5.41 Å². The van der Waals surface area contributed by atoms with Crippen LogP contribution in [0.25, 0.3) is 16.3 Å². The first-order valence-corrected chi connectivity index (χ1v) is 16.6. The van der Waals surface area contributed by atoms with Crippen LogP contribution >= 0.6 is 23.1 Å². The van der Waals surface area contributed by atoms with E-state index < -0.39 is 32.0 Å². The van der Waals surface area contributed by atoms with Gasteiger partial charge in [-0.15, -0.1) is 0 Å². The first-order valence-electron chi connectivity index (χ1n) is 11.8. The van der Waals surface area contributed by atoms with E-state index in [0.29, 0.717) is 10.0 Å². The Labute approximate surface area is 230 Å². The van der Waals surface area contributed by atoms with Crippen LogP contribution in [0.15, 0.2) is 81.8 Å². The van der Waals surface area contributed by atoms with Gasteiger partial charge < -0.3 is 4.90 Å². The Balaban J connectivity index is 1.58. The second-order valence-electron chi connectivity index (χ2n) is 10.2. The zero-order valence-electron chi connectivity index (χ0n) is 20.7. The zero-order valence-corrected chi connectivity index (χ0v) is 24.0. The van der Waals surface area contributed by atoms with Crippen molar-refractivity contribution in [2.45, 2.75) is 37.5 Å². The third kappa shape index (κ3) is 6.22. The van der Waals surface area contributed by atoms with E-state index in [2.05, 4.69) is 19.9 Å². The first-order chi connectivity index (χ1) is 17.8. The molecular weight excluding hydrogens is 565 g/mol. The maximum atomic E-state index is 11.8. The van der Waals surface area contributed by atoms with Gasteiger partial charge >= 0.3 is 10.1 Å². The Hall–Kier alpha value is -2.48. The average Bonchev–Trinajstić information content (AvgIpc) is 3.28. The normalized spacial score (nSPS) is 19.8. The number of para-hydroxylation sites is 2. The minimum absolute atomic E-state index is 0.110. The van der Waals surface area contributed by atoms with E-state index in [9.17, 15) is 25.9 Å². The van der Waals surface area contributed by atoms with E-state index in [0.717, 1.165) is 44.8 Å². The molecule has 0 spiro atoms. The molecule has 0 saturated carbocycles. The van der Waals surface area contributed by atoms with Crippen molar-refractivity contribution >= 4 is 65.3 Å². The number of allylic oxidation sites excluding steroid dienone is 4. The highest BCUT2D eigenvalue weighted by atomic mass is 32.2. The van der Waals surface area contributed by atoms with E-state index in [1.54, 1.807) is 9.47 Å². The predicted octanol–water partition coefficient (Wildman–Crippen LogP) is 5.46. The molecule has 5 rings (SSSR count). The smallest absolute Gasteiger partial charge is 0.317 e. The summed E-state index contributed by atoms with van der Waals surface area (Å²) in [5, 5.41) is 1.41. The monoisotopic (exact) mass is 591 g/mol. The van der Waals surface area contributed by atoms with Crippen LogP contribution in [0.1, 0.15) is 31.7 Å². The van der Waals surface area contributed by atoms with Gasteiger partial charge in [-0.3, -0.25) is 9.11 Å². The molecule has 8 nitrogen and oxygen atoms in total. The molecule has 2 N–H and O–H groups in total. The number of aromatic nitrogens is 1. The number of nitrogens with zero attached hydrogens (tertiary/aromatic N) is 2. The summed E-state index contributed by atoms with van der Waals surface area (Å²) in [7, 11) is -8.52. The molecule has 2 aliphatic rings. The molecule has 0 amide bonds. The summed E-state index contributed by atoms with van der Waals surface area (Å²) in [4.78, 5) is 2.51. The molecule has 0 unspecified atom stereocenters. The molecule has 0 bridgehead atoms. The van der Waals surface area contributed by atoms with E-state index in [1.807, 2.05) is 60.7 Å². The largest absolute Gasteiger partial charge is 0.326 e. The Morgan fingerprint density at radius 3 is 2.42 bits per heavy atom. The molecule has 0 saturated heterocycles. The number of hydrogen-bond donors (Lipinski definition) is 2. The Morgan fingerprint density at radius 2 is 1.68 bits per heavy atom. The minimum Gasteiger partial charge on any atom is -0.317 e. The first kappa shape index (κ1) is 27.1. The number of thiazole rings is 1. The van der Waals surface area contributed by atoms with Gasteiger partial charge in [-0.05, 0) is 53.7 Å². The molecule has 200 valence electrons. The highest BCUT2D eigenvalue weighted by Crippen LogP contribution is 2.48. The van der Waals surface area contributed by atoms with Crippen LogP contribution in [0.3, 0.4) is 0 Å². The van der Waals surface area contributed by atoms with Crippen molar-refractivity contribution in [2.75, 3.05) is 10.8 Å². The highest BCUT2D eigenvalue weighted by molar-refractivity contribution is 8.03. The van der Waals surface area contributed by atoms with Crippen LogP contribution in [0.5, 0.6) is 0 Å². The van der Waals surface area contributed by atoms with E-state index in [-0.39, 0.29) is 5.41 Å². The topological polar surface area (TPSA) is 116 Å². The fourth-order valence-corrected chi connectivity index (χ4v) is 8.57. The number of thioether (sulfide) groups is 1. The Kier molecular flexibility index (Phi) is 7.08. The zero-order chi connectivity index (χ0) is 27.3. The highest BCUT2D eigenvalue weighted by Gasteiger charge is 2.31. The second kappa shape index (κ2) is 9.92. The van der Waals surface area contributed by atoms with Gasteiger partial charge in [-0.2, -0.15) is 21.4 Å². The van der Waals surface area contributed by atoms with Crippen LogP contribution < -0.4 is 9.47 Å². The molecule has 1 aliphatic carbocycles. The standard InChI is InChI=1S/C26H26N2O6S4/c1-26(2)14-18(12-24-27(16-37(29,30)31)20-7-3-5-9-22(20)35-24)11-19(15-26)13-25-28(17-38(32,33)34)21-8-4-6-10-23(21)36-25/h3-13H,14-17H2,1-2H3,(H-,29,30,31,32,33,34)/p+1. The Bertz CT molecular complexity index is 1730. The molecule has 2 heterocycles. The summed E-state index contributed by atoms with van der Waals surface area (Å²) in [5.41, 5.74) is 3.33. The van der Waals surface area contributed by atoms with Crippen molar-refractivity contribution < 1.29 is 30.5 Å². The van der Waals surface area contributed by atoms with Gasteiger partial charge in [-0.25, -0.2) is 0 Å². The number of hydrogen-bond acceptors (Lipinski definition) is 7. The van der Waals surface area contributed by atoms with Crippen molar-refractivity contribution in [1.82, 2.24) is 0 Å². The van der Waals surface area contributed by atoms with Crippen molar-refractivity contribution in [3.8, 4) is 0 Å². The summed E-state index contributed by atoms with van der Waals surface area (Å²) < 4.78 is 68.9. The van der Waals surface area contributed by atoms with Gasteiger partial charge in [0, 0.05) is 17.0 Å². The van der Waals surface area contributed by atoms with Gasteiger partial charge in [0.15, 0.2) is 5.88 Å². The number of anilines is 1. The van der Waals surface area contributed by atoms with Crippen LogP contribution in [0.4, 0.5) is 5.69 Å². The Morgan fingerprint density at radius 1 is 0.974 bits per heavy atom. The molecular formula is C26H27N2O6S4+. The predicted molar refractivity (Wildman–Crippen MR) is 152 cm³/mol. The van der Waals surface area contributed by atoms with E-state index >= 15 is 0 Å². The van der Waals surface area contributed by atoms with Crippen LogP contribution in [-0.4, -0.2) is 31.8 Å². The molecule has 0 fully saturated rings. The summed E-state index contributed by atoms with van der Waals surface area (Å²) in [6, 6.07) is 14.9. The van der Waals surface area contributed by atoms with Crippen molar-refractivity contribution in [3.05, 3.63) is 81.9 Å². The SMILES string of the molecule is CC1(C)CC(/C=C2\Sc3ccccc3N2CS(=O)(=O)O)=CC(=C/c2sc3ccccc3[n+]2CS(=O)(=O)O)/C1.